The van der Waals surface area contributed by atoms with Crippen LogP contribution in [0.2, 0.25) is 0 Å². The predicted octanol–water partition coefficient (Wildman–Crippen LogP) is 3.85. The van der Waals surface area contributed by atoms with Crippen LogP contribution in [-0.2, 0) is 6.42 Å². The molecule has 0 aliphatic carbocycles. The molecule has 0 spiro atoms. The molecule has 1 aliphatic rings. The van der Waals surface area contributed by atoms with E-state index in [-0.39, 0.29) is 12.8 Å². The molecule has 0 bridgehead atoms. The number of benzene rings is 2. The number of halogens is 1. The van der Waals surface area contributed by atoms with Gasteiger partial charge in [0, 0.05) is 16.7 Å². The Morgan fingerprint density at radius 3 is 2.83 bits per heavy atom. The number of anilines is 1. The monoisotopic (exact) mass is 376 g/mol. The smallest absolute Gasteiger partial charge is 0.319 e. The van der Waals surface area contributed by atoms with Gasteiger partial charge < -0.3 is 20.1 Å². The van der Waals surface area contributed by atoms with Crippen molar-refractivity contribution in [1.82, 2.24) is 5.32 Å². The van der Waals surface area contributed by atoms with Crippen molar-refractivity contribution < 1.29 is 14.3 Å². The number of hydrogen-bond donors (Lipinski definition) is 2. The van der Waals surface area contributed by atoms with Gasteiger partial charge in [0.1, 0.15) is 0 Å². The first-order valence-corrected chi connectivity index (χ1v) is 8.10. The second-order valence-electron chi connectivity index (χ2n) is 5.28. The van der Waals surface area contributed by atoms with Crippen LogP contribution in [0.15, 0.2) is 40.9 Å². The maximum atomic E-state index is 11.9. The Hall–Kier alpha value is -2.21. The zero-order valence-electron chi connectivity index (χ0n) is 12.7. The predicted molar refractivity (Wildman–Crippen MR) is 92.2 cm³/mol. The summed E-state index contributed by atoms with van der Waals surface area (Å²) in [4.78, 5) is 11.9. The Morgan fingerprint density at radius 1 is 1.17 bits per heavy atom. The Balaban J connectivity index is 1.48. The van der Waals surface area contributed by atoms with Crippen molar-refractivity contribution in [2.75, 3.05) is 18.7 Å². The standard InChI is InChI=1S/C17H17BrN2O3/c1-11-8-13(3-4-14(11)18)20-17(21)19-7-6-12-2-5-15-16(9-12)23-10-22-15/h2-5,8-9H,6-7,10H2,1H3,(H2,19,20,21). The number of nitrogens with one attached hydrogen (secondary N) is 2. The number of carbonyl (C=O) groups excluding carboxylic acids is 1. The number of rotatable bonds is 4. The van der Waals surface area contributed by atoms with Crippen LogP contribution >= 0.6 is 15.9 Å². The molecule has 23 heavy (non-hydrogen) atoms. The topological polar surface area (TPSA) is 59.6 Å². The van der Waals surface area contributed by atoms with Gasteiger partial charge in [0.25, 0.3) is 0 Å². The molecule has 5 nitrogen and oxygen atoms in total. The minimum absolute atomic E-state index is 0.215. The highest BCUT2D eigenvalue weighted by Crippen LogP contribution is 2.32. The highest BCUT2D eigenvalue weighted by molar-refractivity contribution is 9.10. The first kappa shape index (κ1) is 15.7. The molecule has 6 heteroatoms. The van der Waals surface area contributed by atoms with E-state index in [1.807, 2.05) is 43.3 Å². The number of fused-ring (bicyclic) bond motifs is 1. The van der Waals surface area contributed by atoms with Crippen LogP contribution in [-0.4, -0.2) is 19.4 Å². The van der Waals surface area contributed by atoms with E-state index in [9.17, 15) is 4.79 Å². The van der Waals surface area contributed by atoms with E-state index in [2.05, 4.69) is 26.6 Å². The number of amides is 2. The molecule has 0 unspecified atom stereocenters. The van der Waals surface area contributed by atoms with Crippen LogP contribution in [0, 0.1) is 6.92 Å². The lowest BCUT2D eigenvalue weighted by molar-refractivity contribution is 0.174. The third kappa shape index (κ3) is 3.96. The van der Waals surface area contributed by atoms with Gasteiger partial charge in [-0.05, 0) is 54.8 Å². The number of hydrogen-bond acceptors (Lipinski definition) is 3. The molecular formula is C17H17BrN2O3. The van der Waals surface area contributed by atoms with Gasteiger partial charge in [-0.2, -0.15) is 0 Å². The molecule has 2 aromatic carbocycles. The molecule has 0 saturated heterocycles. The Labute approximate surface area is 143 Å². The fraction of sp³-hybridized carbons (Fsp3) is 0.235. The molecule has 2 N–H and O–H groups in total. The molecule has 0 aromatic heterocycles. The van der Waals surface area contributed by atoms with E-state index < -0.39 is 0 Å². The average molecular weight is 377 g/mol. The van der Waals surface area contributed by atoms with Gasteiger partial charge in [0.15, 0.2) is 11.5 Å². The van der Waals surface area contributed by atoms with Crippen LogP contribution < -0.4 is 20.1 Å². The molecule has 0 fully saturated rings. The number of urea groups is 1. The van der Waals surface area contributed by atoms with Crippen molar-refractivity contribution in [2.45, 2.75) is 13.3 Å². The SMILES string of the molecule is Cc1cc(NC(=O)NCCc2ccc3c(c2)OCO3)ccc1Br. The second-order valence-corrected chi connectivity index (χ2v) is 6.14. The minimum Gasteiger partial charge on any atom is -0.454 e. The normalized spacial score (nSPS) is 12.1. The lowest BCUT2D eigenvalue weighted by Crippen LogP contribution is -2.30. The Bertz CT molecular complexity index is 734. The van der Waals surface area contributed by atoms with Crippen LogP contribution in [0.3, 0.4) is 0 Å². The number of carbonyl (C=O) groups is 1. The van der Waals surface area contributed by atoms with Crippen molar-refractivity contribution in [2.24, 2.45) is 0 Å². The fourth-order valence-corrected chi connectivity index (χ4v) is 2.56. The van der Waals surface area contributed by atoms with Crippen LogP contribution in [0.1, 0.15) is 11.1 Å². The third-order valence-electron chi connectivity index (χ3n) is 3.55. The molecule has 120 valence electrons. The van der Waals surface area contributed by atoms with Crippen molar-refractivity contribution >= 4 is 27.6 Å². The summed E-state index contributed by atoms with van der Waals surface area (Å²) >= 11 is 3.44. The van der Waals surface area contributed by atoms with E-state index in [0.29, 0.717) is 6.54 Å². The first-order valence-electron chi connectivity index (χ1n) is 7.31. The largest absolute Gasteiger partial charge is 0.454 e. The molecule has 2 amide bonds. The molecule has 0 saturated carbocycles. The van der Waals surface area contributed by atoms with Gasteiger partial charge in [0.05, 0.1) is 0 Å². The molecule has 0 radical (unpaired) electrons. The lowest BCUT2D eigenvalue weighted by Gasteiger charge is -2.09. The highest BCUT2D eigenvalue weighted by Gasteiger charge is 2.13. The Morgan fingerprint density at radius 2 is 2.00 bits per heavy atom. The van der Waals surface area contributed by atoms with E-state index in [4.69, 9.17) is 9.47 Å². The van der Waals surface area contributed by atoms with Gasteiger partial charge in [0.2, 0.25) is 6.79 Å². The summed E-state index contributed by atoms with van der Waals surface area (Å²) in [6, 6.07) is 11.3. The summed E-state index contributed by atoms with van der Waals surface area (Å²) in [6.07, 6.45) is 0.726. The lowest BCUT2D eigenvalue weighted by atomic mass is 10.1. The molecule has 0 atom stereocenters. The van der Waals surface area contributed by atoms with Crippen molar-refractivity contribution in [3.05, 3.63) is 52.0 Å². The van der Waals surface area contributed by atoms with Crippen LogP contribution in [0.5, 0.6) is 11.5 Å². The van der Waals surface area contributed by atoms with E-state index in [1.165, 1.54) is 0 Å². The van der Waals surface area contributed by atoms with Gasteiger partial charge in [-0.3, -0.25) is 0 Å². The molecule has 3 rings (SSSR count). The van der Waals surface area contributed by atoms with E-state index in [1.54, 1.807) is 0 Å². The van der Waals surface area contributed by atoms with E-state index in [0.717, 1.165) is 39.2 Å². The zero-order valence-corrected chi connectivity index (χ0v) is 14.3. The van der Waals surface area contributed by atoms with Crippen molar-refractivity contribution in [3.63, 3.8) is 0 Å². The van der Waals surface area contributed by atoms with Gasteiger partial charge in [-0.1, -0.05) is 22.0 Å². The van der Waals surface area contributed by atoms with Crippen LogP contribution in [0.4, 0.5) is 10.5 Å². The molecule has 2 aromatic rings. The summed E-state index contributed by atoms with van der Waals surface area (Å²) in [5.41, 5.74) is 2.93. The van der Waals surface area contributed by atoms with Gasteiger partial charge in [-0.25, -0.2) is 4.79 Å². The summed E-state index contributed by atoms with van der Waals surface area (Å²) < 4.78 is 11.6. The maximum absolute atomic E-state index is 11.9. The summed E-state index contributed by atoms with van der Waals surface area (Å²) in [5, 5.41) is 5.67. The fourth-order valence-electron chi connectivity index (χ4n) is 2.31. The summed E-state index contributed by atoms with van der Waals surface area (Å²) in [7, 11) is 0. The van der Waals surface area contributed by atoms with E-state index >= 15 is 0 Å². The van der Waals surface area contributed by atoms with Gasteiger partial charge in [-0.15, -0.1) is 0 Å². The van der Waals surface area contributed by atoms with Gasteiger partial charge >= 0.3 is 6.03 Å². The highest BCUT2D eigenvalue weighted by atomic mass is 79.9. The summed E-state index contributed by atoms with van der Waals surface area (Å²) in [6.45, 7) is 2.79. The maximum Gasteiger partial charge on any atom is 0.319 e. The third-order valence-corrected chi connectivity index (χ3v) is 4.44. The quantitative estimate of drug-likeness (QED) is 0.851. The second kappa shape index (κ2) is 6.91. The van der Waals surface area contributed by atoms with Crippen LogP contribution in [0.25, 0.3) is 0 Å². The van der Waals surface area contributed by atoms with Crippen molar-refractivity contribution in [3.8, 4) is 11.5 Å². The minimum atomic E-state index is -0.215. The molecule has 1 aliphatic heterocycles. The average Bonchev–Trinajstić information content (AvgIpc) is 2.98. The first-order chi connectivity index (χ1) is 11.1. The molecule has 1 heterocycles. The number of ether oxygens (including phenoxy) is 2. The summed E-state index contributed by atoms with van der Waals surface area (Å²) in [5.74, 6) is 1.53. The molecular weight excluding hydrogens is 360 g/mol. The van der Waals surface area contributed by atoms with Crippen molar-refractivity contribution in [1.29, 1.82) is 0 Å². The Kier molecular flexibility index (Phi) is 4.71. The zero-order chi connectivity index (χ0) is 16.2. The number of aryl methyl sites for hydroxylation is 1.